The highest BCUT2D eigenvalue weighted by atomic mass is 35.5. The summed E-state index contributed by atoms with van der Waals surface area (Å²) in [4.78, 5) is 14.9. The van der Waals surface area contributed by atoms with Gasteiger partial charge >= 0.3 is 0 Å². The summed E-state index contributed by atoms with van der Waals surface area (Å²) in [5.74, 6) is 1.21. The number of nitro groups is 1. The van der Waals surface area contributed by atoms with Crippen molar-refractivity contribution in [2.75, 3.05) is 26.6 Å². The highest BCUT2D eigenvalue weighted by Crippen LogP contribution is 2.42. The molecule has 3 aromatic rings. The molecule has 1 heterocycles. The number of fused-ring (bicyclic) bond motifs is 1. The van der Waals surface area contributed by atoms with E-state index in [1.165, 1.54) is 39.7 Å². The largest absolute Gasteiger partial charge is 0.493 e. The summed E-state index contributed by atoms with van der Waals surface area (Å²) in [6.45, 7) is 0. The van der Waals surface area contributed by atoms with Crippen molar-refractivity contribution in [2.45, 2.75) is 0 Å². The first-order valence-electron chi connectivity index (χ1n) is 8.17. The molecular weight excluding hydrogens is 400 g/mol. The Hall–Kier alpha value is -3.77. The van der Waals surface area contributed by atoms with E-state index < -0.39 is 4.92 Å². The first kappa shape index (κ1) is 20.0. The van der Waals surface area contributed by atoms with E-state index in [9.17, 15) is 15.4 Å². The third-order valence-electron chi connectivity index (χ3n) is 4.19. The Bertz CT molecular complexity index is 1130. The molecule has 1 aromatic heterocycles. The van der Waals surface area contributed by atoms with Crippen molar-refractivity contribution in [3.63, 3.8) is 0 Å². The molecule has 0 aliphatic carbocycles. The molecule has 9 nitrogen and oxygen atoms in total. The molecule has 0 saturated carbocycles. The minimum absolute atomic E-state index is 0.0431. The topological polar surface area (TPSA) is 120 Å². The van der Waals surface area contributed by atoms with Crippen LogP contribution in [-0.4, -0.2) is 31.2 Å². The van der Waals surface area contributed by atoms with Gasteiger partial charge in [0.2, 0.25) is 5.75 Å². The summed E-state index contributed by atoms with van der Waals surface area (Å²) in [7, 11) is 4.45. The number of aromatic nitrogens is 1. The molecule has 3 rings (SSSR count). The van der Waals surface area contributed by atoms with Crippen molar-refractivity contribution in [3.8, 4) is 23.3 Å². The van der Waals surface area contributed by atoms with E-state index in [1.54, 1.807) is 12.1 Å². The molecule has 0 saturated heterocycles. The average molecular weight is 415 g/mol. The molecule has 148 valence electrons. The normalized spacial score (nSPS) is 10.3. The van der Waals surface area contributed by atoms with Gasteiger partial charge in [-0.15, -0.1) is 0 Å². The highest BCUT2D eigenvalue weighted by molar-refractivity contribution is 6.33. The summed E-state index contributed by atoms with van der Waals surface area (Å²) in [6, 6.07) is 8.01. The van der Waals surface area contributed by atoms with Gasteiger partial charge in [0.25, 0.3) is 5.69 Å². The van der Waals surface area contributed by atoms with Crippen LogP contribution < -0.4 is 19.5 Å². The number of ether oxygens (including phenoxy) is 3. The smallest absolute Gasteiger partial charge is 0.288 e. The highest BCUT2D eigenvalue weighted by Gasteiger charge is 2.19. The second kappa shape index (κ2) is 8.08. The van der Waals surface area contributed by atoms with E-state index in [1.807, 2.05) is 6.07 Å². The number of hydrogen-bond acceptors (Lipinski definition) is 8. The molecule has 0 radical (unpaired) electrons. The fourth-order valence-corrected chi connectivity index (χ4v) is 3.09. The van der Waals surface area contributed by atoms with Crippen LogP contribution in [0.2, 0.25) is 5.02 Å². The van der Waals surface area contributed by atoms with Crippen LogP contribution in [0.1, 0.15) is 5.56 Å². The number of hydrogen-bond donors (Lipinski definition) is 1. The molecule has 0 bridgehead atoms. The fraction of sp³-hybridized carbons (Fsp3) is 0.158. The predicted molar refractivity (Wildman–Crippen MR) is 108 cm³/mol. The van der Waals surface area contributed by atoms with E-state index in [0.717, 1.165) is 0 Å². The maximum atomic E-state index is 11.3. The van der Waals surface area contributed by atoms with Gasteiger partial charge in [-0.3, -0.25) is 15.1 Å². The Labute approximate surface area is 170 Å². The van der Waals surface area contributed by atoms with E-state index in [0.29, 0.717) is 39.5 Å². The van der Waals surface area contributed by atoms with Crippen molar-refractivity contribution in [2.24, 2.45) is 0 Å². The average Bonchev–Trinajstić information content (AvgIpc) is 2.72. The quantitative estimate of drug-likeness (QED) is 0.464. The Morgan fingerprint density at radius 2 is 1.79 bits per heavy atom. The summed E-state index contributed by atoms with van der Waals surface area (Å²) < 4.78 is 16.0. The van der Waals surface area contributed by atoms with Gasteiger partial charge in [-0.05, 0) is 6.07 Å². The van der Waals surface area contributed by atoms with Crippen LogP contribution >= 0.6 is 11.6 Å². The molecule has 0 spiro atoms. The standard InChI is InChI=1S/C19H15ClN4O5/c1-27-16-4-11(5-17(28-2)19(16)29-3)23-18-10(8-21)9-22-14-7-13(20)15(24(25)26)6-12(14)18/h4-7,9H,1-3H3,(H,22,23). The van der Waals surface area contributed by atoms with Crippen molar-refractivity contribution in [1.29, 1.82) is 5.26 Å². The first-order valence-corrected chi connectivity index (χ1v) is 8.55. The van der Waals surface area contributed by atoms with Gasteiger partial charge in [0, 0.05) is 35.5 Å². The monoisotopic (exact) mass is 414 g/mol. The third-order valence-corrected chi connectivity index (χ3v) is 4.49. The lowest BCUT2D eigenvalue weighted by molar-refractivity contribution is -0.384. The number of nitro benzene ring substituents is 1. The Morgan fingerprint density at radius 3 is 2.31 bits per heavy atom. The maximum Gasteiger partial charge on any atom is 0.288 e. The molecule has 29 heavy (non-hydrogen) atoms. The zero-order valence-corrected chi connectivity index (χ0v) is 16.4. The van der Waals surface area contributed by atoms with Gasteiger partial charge in [0.15, 0.2) is 11.5 Å². The fourth-order valence-electron chi connectivity index (χ4n) is 2.86. The lowest BCUT2D eigenvalue weighted by atomic mass is 10.1. The van der Waals surface area contributed by atoms with Gasteiger partial charge in [-0.2, -0.15) is 5.26 Å². The molecule has 1 N–H and O–H groups in total. The van der Waals surface area contributed by atoms with Gasteiger partial charge in [0.1, 0.15) is 11.1 Å². The van der Waals surface area contributed by atoms with Gasteiger partial charge < -0.3 is 19.5 Å². The molecule has 0 unspecified atom stereocenters. The summed E-state index contributed by atoms with van der Waals surface area (Å²) in [6.07, 6.45) is 1.37. The third kappa shape index (κ3) is 3.66. The van der Waals surface area contributed by atoms with E-state index in [2.05, 4.69) is 10.3 Å². The number of pyridine rings is 1. The molecule has 0 aliphatic rings. The van der Waals surface area contributed by atoms with Gasteiger partial charge in [-0.25, -0.2) is 0 Å². The number of nitrogens with zero attached hydrogens (tertiary/aromatic N) is 3. The molecule has 10 heteroatoms. The maximum absolute atomic E-state index is 11.3. The second-order valence-corrected chi connectivity index (χ2v) is 6.18. The van der Waals surface area contributed by atoms with Crippen LogP contribution in [0, 0.1) is 21.4 Å². The number of nitriles is 1. The number of benzene rings is 2. The summed E-state index contributed by atoms with van der Waals surface area (Å²) in [5, 5.41) is 24.2. The zero-order valence-electron chi connectivity index (χ0n) is 15.6. The number of halogens is 1. The minimum Gasteiger partial charge on any atom is -0.493 e. The molecule has 2 aromatic carbocycles. The minimum atomic E-state index is -0.593. The Morgan fingerprint density at radius 1 is 1.14 bits per heavy atom. The van der Waals surface area contributed by atoms with Crippen molar-refractivity contribution < 1.29 is 19.1 Å². The molecule has 0 aliphatic heterocycles. The lowest BCUT2D eigenvalue weighted by Gasteiger charge is -2.16. The number of nitrogens with one attached hydrogen (secondary N) is 1. The van der Waals surface area contributed by atoms with Crippen molar-refractivity contribution >= 4 is 39.6 Å². The van der Waals surface area contributed by atoms with Crippen molar-refractivity contribution in [1.82, 2.24) is 4.98 Å². The number of rotatable bonds is 6. The van der Waals surface area contributed by atoms with Crippen LogP contribution in [0.5, 0.6) is 17.2 Å². The van der Waals surface area contributed by atoms with Crippen LogP contribution in [0.3, 0.4) is 0 Å². The van der Waals surface area contributed by atoms with Crippen molar-refractivity contribution in [3.05, 3.63) is 51.2 Å². The zero-order chi connectivity index (χ0) is 21.1. The second-order valence-electron chi connectivity index (χ2n) is 5.78. The summed E-state index contributed by atoms with van der Waals surface area (Å²) >= 11 is 5.98. The Kier molecular flexibility index (Phi) is 5.57. The lowest BCUT2D eigenvalue weighted by Crippen LogP contribution is -2.00. The van der Waals surface area contributed by atoms with Crippen LogP contribution in [0.15, 0.2) is 30.5 Å². The molecule has 0 atom stereocenters. The van der Waals surface area contributed by atoms with E-state index in [-0.39, 0.29) is 16.3 Å². The van der Waals surface area contributed by atoms with E-state index >= 15 is 0 Å². The van der Waals surface area contributed by atoms with Crippen LogP contribution in [0.4, 0.5) is 17.1 Å². The SMILES string of the molecule is COc1cc(Nc2c(C#N)cnc3cc(Cl)c([N+](=O)[O-])cc23)cc(OC)c1OC. The first-order chi connectivity index (χ1) is 13.9. The molecular formula is C19H15ClN4O5. The number of methoxy groups -OCH3 is 3. The van der Waals surface area contributed by atoms with Gasteiger partial charge in [0.05, 0.1) is 43.0 Å². The van der Waals surface area contributed by atoms with Gasteiger partial charge in [-0.1, -0.05) is 11.6 Å². The summed E-state index contributed by atoms with van der Waals surface area (Å²) in [5.41, 5.74) is 1.16. The predicted octanol–water partition coefficient (Wildman–Crippen LogP) is 4.44. The van der Waals surface area contributed by atoms with Crippen LogP contribution in [0.25, 0.3) is 10.9 Å². The van der Waals surface area contributed by atoms with Crippen LogP contribution in [-0.2, 0) is 0 Å². The number of anilines is 2. The van der Waals surface area contributed by atoms with E-state index in [4.69, 9.17) is 25.8 Å². The Balaban J connectivity index is 2.23. The molecule has 0 fully saturated rings. The molecule has 0 amide bonds.